The van der Waals surface area contributed by atoms with Gasteiger partial charge in [-0.05, 0) is 84.9 Å². The Bertz CT molecular complexity index is 3330. The zero-order valence-corrected chi connectivity index (χ0v) is 33.2. The van der Waals surface area contributed by atoms with Crippen molar-refractivity contribution >= 4 is 43.6 Å². The maximum absolute atomic E-state index is 14.7. The number of nitrogens with zero attached hydrogens (tertiary/aromatic N) is 5. The molecule has 330 valence electrons. The van der Waals surface area contributed by atoms with Gasteiger partial charge in [0.15, 0.2) is 17.5 Å². The van der Waals surface area contributed by atoms with Crippen LogP contribution in [0.25, 0.3) is 89.2 Å². The molecule has 0 aliphatic heterocycles. The quantitative estimate of drug-likeness (QED) is 0.162. The molecule has 0 aliphatic rings. The lowest BCUT2D eigenvalue weighted by molar-refractivity contribution is -0.138. The Morgan fingerprint density at radius 2 is 0.636 bits per heavy atom. The van der Waals surface area contributed by atoms with E-state index in [1.165, 1.54) is 21.3 Å². The van der Waals surface area contributed by atoms with E-state index in [0.29, 0.717) is 21.8 Å². The second-order valence-corrected chi connectivity index (χ2v) is 15.3. The Morgan fingerprint density at radius 3 is 1.05 bits per heavy atom. The molecular weight excluding hydrogens is 887 g/mol. The number of benzene rings is 7. The minimum atomic E-state index is -4.95. The zero-order valence-electron chi connectivity index (χ0n) is 33.2. The zero-order chi connectivity index (χ0) is 46.5. The van der Waals surface area contributed by atoms with E-state index in [0.717, 1.165) is 60.7 Å². The molecule has 3 heterocycles. The van der Waals surface area contributed by atoms with Gasteiger partial charge in [0.1, 0.15) is 0 Å². The van der Waals surface area contributed by atoms with Gasteiger partial charge in [-0.15, -0.1) is 0 Å². The van der Waals surface area contributed by atoms with Gasteiger partial charge in [0.25, 0.3) is 0 Å². The molecule has 0 amide bonds. The van der Waals surface area contributed by atoms with Gasteiger partial charge in [-0.2, -0.15) is 52.7 Å². The van der Waals surface area contributed by atoms with E-state index in [1.54, 1.807) is 78.9 Å². The highest BCUT2D eigenvalue weighted by molar-refractivity contribution is 6.11. The first-order valence-electron chi connectivity index (χ1n) is 19.7. The minimum Gasteiger partial charge on any atom is -0.309 e. The molecule has 66 heavy (non-hydrogen) atoms. The summed E-state index contributed by atoms with van der Waals surface area (Å²) in [5.41, 5.74) is -3.78. The lowest BCUT2D eigenvalue weighted by Crippen LogP contribution is -2.10. The third-order valence-corrected chi connectivity index (χ3v) is 11.3. The number of para-hydroxylation sites is 2. The number of halogens is 12. The summed E-state index contributed by atoms with van der Waals surface area (Å²) in [5, 5.41) is 0.894. The third kappa shape index (κ3) is 7.23. The van der Waals surface area contributed by atoms with Crippen LogP contribution in [-0.4, -0.2) is 24.1 Å². The Hall–Kier alpha value is -7.69. The third-order valence-electron chi connectivity index (χ3n) is 11.3. The summed E-state index contributed by atoms with van der Waals surface area (Å²) in [4.78, 5) is 13.8. The van der Waals surface area contributed by atoms with Crippen LogP contribution >= 0.6 is 0 Å². The maximum atomic E-state index is 14.7. The fourth-order valence-corrected chi connectivity index (χ4v) is 8.32. The average Bonchev–Trinajstić information content (AvgIpc) is 3.80. The standard InChI is InChI=1S/C49H25F12N5/c50-46(51,52)27-14-18-39-33(22-27)31-10-4-6-12-37(31)65(39)41-20-16-29(48(56,57)58)24-35(41)44-62-43(26-8-2-1-3-9-26)63-45(64-44)36-25-30(49(59,60)61)17-21-42(36)66-38-13-7-5-11-32(38)34-23-28(47(53,54)55)15-19-40(34)66/h1-25H. The predicted molar refractivity (Wildman–Crippen MR) is 225 cm³/mol. The Labute approximate surface area is 363 Å². The summed E-state index contributed by atoms with van der Waals surface area (Å²) in [6, 6.07) is 31.7. The van der Waals surface area contributed by atoms with Crippen molar-refractivity contribution in [3.05, 3.63) is 174 Å². The first-order valence-corrected chi connectivity index (χ1v) is 19.7. The molecule has 0 fully saturated rings. The fraction of sp³-hybridized carbons (Fsp3) is 0.0816. The van der Waals surface area contributed by atoms with Crippen LogP contribution in [-0.2, 0) is 24.7 Å². The molecule has 0 bridgehead atoms. The lowest BCUT2D eigenvalue weighted by Gasteiger charge is -2.19. The van der Waals surface area contributed by atoms with Crippen LogP contribution in [0.2, 0.25) is 0 Å². The highest BCUT2D eigenvalue weighted by Crippen LogP contribution is 2.44. The van der Waals surface area contributed by atoms with Gasteiger partial charge in [0, 0.05) is 38.2 Å². The van der Waals surface area contributed by atoms with E-state index < -0.39 is 58.6 Å². The molecule has 3 aromatic heterocycles. The van der Waals surface area contributed by atoms with Gasteiger partial charge in [0.2, 0.25) is 0 Å². The first kappa shape index (κ1) is 42.3. The van der Waals surface area contributed by atoms with E-state index in [4.69, 9.17) is 0 Å². The fourth-order valence-electron chi connectivity index (χ4n) is 8.32. The van der Waals surface area contributed by atoms with Crippen molar-refractivity contribution in [1.29, 1.82) is 0 Å². The van der Waals surface area contributed by atoms with Gasteiger partial charge in [-0.3, -0.25) is 0 Å². The van der Waals surface area contributed by atoms with Crippen molar-refractivity contribution in [1.82, 2.24) is 24.1 Å². The van der Waals surface area contributed by atoms with Gasteiger partial charge >= 0.3 is 24.7 Å². The topological polar surface area (TPSA) is 48.5 Å². The number of hydrogen-bond acceptors (Lipinski definition) is 3. The van der Waals surface area contributed by atoms with Crippen LogP contribution in [0.4, 0.5) is 52.7 Å². The van der Waals surface area contributed by atoms with Crippen LogP contribution in [0.1, 0.15) is 22.3 Å². The molecule has 0 saturated heterocycles. The summed E-state index contributed by atoms with van der Waals surface area (Å²) in [6.07, 6.45) is -19.4. The molecule has 5 nitrogen and oxygen atoms in total. The summed E-state index contributed by atoms with van der Waals surface area (Å²) in [6.45, 7) is 0. The predicted octanol–water partition coefficient (Wildman–Crippen LogP) is 15.1. The smallest absolute Gasteiger partial charge is 0.309 e. The van der Waals surface area contributed by atoms with Crippen LogP contribution in [0.5, 0.6) is 0 Å². The van der Waals surface area contributed by atoms with Gasteiger partial charge in [0.05, 0.1) is 55.7 Å². The molecule has 0 aliphatic carbocycles. The van der Waals surface area contributed by atoms with Gasteiger partial charge < -0.3 is 9.13 Å². The van der Waals surface area contributed by atoms with Crippen molar-refractivity contribution in [3.63, 3.8) is 0 Å². The highest BCUT2D eigenvalue weighted by Gasteiger charge is 2.36. The average molecular weight is 912 g/mol. The second kappa shape index (κ2) is 14.9. The van der Waals surface area contributed by atoms with Crippen LogP contribution in [0, 0.1) is 0 Å². The molecule has 7 aromatic carbocycles. The molecule has 0 radical (unpaired) electrons. The Morgan fingerprint density at radius 1 is 0.303 bits per heavy atom. The van der Waals surface area contributed by atoms with Gasteiger partial charge in [-0.1, -0.05) is 66.7 Å². The lowest BCUT2D eigenvalue weighted by atomic mass is 10.0. The summed E-state index contributed by atoms with van der Waals surface area (Å²) in [5.74, 6) is -1.10. The van der Waals surface area contributed by atoms with E-state index in [2.05, 4.69) is 15.0 Å². The molecule has 10 rings (SSSR count). The van der Waals surface area contributed by atoms with Crippen LogP contribution in [0.15, 0.2) is 152 Å². The SMILES string of the molecule is FC(F)(F)c1ccc(-n2c3ccccc3c3cc(C(F)(F)F)ccc32)c(-c2nc(-c3ccccc3)nc(-c3cc(C(F)(F)F)ccc3-n3c4ccccc4c4cc(C(F)(F)F)ccc43)n2)c1. The highest BCUT2D eigenvalue weighted by atomic mass is 19.4. The van der Waals surface area contributed by atoms with E-state index >= 15 is 0 Å². The van der Waals surface area contributed by atoms with Crippen molar-refractivity contribution < 1.29 is 52.7 Å². The number of rotatable bonds is 5. The van der Waals surface area contributed by atoms with Gasteiger partial charge in [-0.25, -0.2) is 15.0 Å². The van der Waals surface area contributed by atoms with Crippen molar-refractivity contribution in [2.45, 2.75) is 24.7 Å². The molecule has 17 heteroatoms. The summed E-state index contributed by atoms with van der Waals surface area (Å²) in [7, 11) is 0. The second-order valence-electron chi connectivity index (χ2n) is 15.3. The Balaban J connectivity index is 1.30. The summed E-state index contributed by atoms with van der Waals surface area (Å²) < 4.78 is 175. The first-order chi connectivity index (χ1) is 31.3. The normalized spacial score (nSPS) is 12.8. The molecule has 0 spiro atoms. The largest absolute Gasteiger partial charge is 0.416 e. The summed E-state index contributed by atoms with van der Waals surface area (Å²) >= 11 is 0. The Kier molecular flexibility index (Phi) is 9.56. The number of hydrogen-bond donors (Lipinski definition) is 0. The van der Waals surface area contributed by atoms with Crippen molar-refractivity contribution in [2.24, 2.45) is 0 Å². The van der Waals surface area contributed by atoms with Crippen LogP contribution < -0.4 is 0 Å². The minimum absolute atomic E-state index is 0.0303. The number of alkyl halides is 12. The van der Waals surface area contributed by atoms with E-state index in [-0.39, 0.29) is 55.7 Å². The van der Waals surface area contributed by atoms with E-state index in [9.17, 15) is 52.7 Å². The molecule has 0 saturated carbocycles. The number of fused-ring (bicyclic) bond motifs is 6. The van der Waals surface area contributed by atoms with E-state index in [1.807, 2.05) is 0 Å². The monoisotopic (exact) mass is 911 g/mol. The molecular formula is C49H25F12N5. The number of aromatic nitrogens is 5. The molecule has 10 aromatic rings. The van der Waals surface area contributed by atoms with Crippen molar-refractivity contribution in [2.75, 3.05) is 0 Å². The van der Waals surface area contributed by atoms with Crippen molar-refractivity contribution in [3.8, 4) is 45.5 Å². The molecule has 0 unspecified atom stereocenters. The maximum Gasteiger partial charge on any atom is 0.416 e. The molecule has 0 N–H and O–H groups in total. The van der Waals surface area contributed by atoms with Crippen LogP contribution in [0.3, 0.4) is 0 Å². The molecule has 0 atom stereocenters.